The van der Waals surface area contributed by atoms with Crippen molar-refractivity contribution in [2.75, 3.05) is 13.2 Å². The predicted octanol–water partition coefficient (Wildman–Crippen LogP) is 3.49. The normalized spacial score (nSPS) is 16.8. The third kappa shape index (κ3) is 3.38. The molecule has 128 valence electrons. The maximum atomic E-state index is 13.9. The van der Waals surface area contributed by atoms with Gasteiger partial charge in [-0.2, -0.15) is 0 Å². The standard InChI is InChI=1S/C16H13F4NO3/c17-9-5-12(15-14(6-9)22-8-10(7-21)23-15)11-3-1-2-4-13(11)24-16(18,19)20/h1-6,10H,7-8,21H2/t10-/m0/s1. The van der Waals surface area contributed by atoms with Crippen LogP contribution in [0.1, 0.15) is 0 Å². The number of para-hydroxylation sites is 1. The van der Waals surface area contributed by atoms with E-state index in [0.717, 1.165) is 18.2 Å². The number of hydrogen-bond donors (Lipinski definition) is 1. The first-order valence-electron chi connectivity index (χ1n) is 7.05. The van der Waals surface area contributed by atoms with Gasteiger partial charge in [0.1, 0.15) is 24.3 Å². The highest BCUT2D eigenvalue weighted by molar-refractivity contribution is 5.78. The zero-order chi connectivity index (χ0) is 17.3. The minimum absolute atomic E-state index is 0.0341. The maximum absolute atomic E-state index is 13.9. The van der Waals surface area contributed by atoms with E-state index >= 15 is 0 Å². The molecule has 1 heterocycles. The third-order valence-corrected chi connectivity index (χ3v) is 3.39. The Kier molecular flexibility index (Phi) is 4.23. The van der Waals surface area contributed by atoms with E-state index in [-0.39, 0.29) is 35.8 Å². The Bertz CT molecular complexity index is 749. The molecule has 0 spiro atoms. The Morgan fingerprint density at radius 3 is 2.62 bits per heavy atom. The smallest absolute Gasteiger partial charge is 0.486 e. The molecular weight excluding hydrogens is 330 g/mol. The van der Waals surface area contributed by atoms with Crippen molar-refractivity contribution in [1.82, 2.24) is 0 Å². The van der Waals surface area contributed by atoms with Gasteiger partial charge in [0.15, 0.2) is 11.5 Å². The SMILES string of the molecule is NC[C@H]1COc2cc(F)cc(-c3ccccc3OC(F)(F)F)c2O1. The molecule has 0 unspecified atom stereocenters. The maximum Gasteiger partial charge on any atom is 0.573 e. The van der Waals surface area contributed by atoms with E-state index in [1.807, 2.05) is 0 Å². The molecule has 2 N–H and O–H groups in total. The molecule has 8 heteroatoms. The monoisotopic (exact) mass is 343 g/mol. The predicted molar refractivity (Wildman–Crippen MR) is 77.5 cm³/mol. The second-order valence-corrected chi connectivity index (χ2v) is 5.11. The molecule has 0 saturated heterocycles. The molecule has 0 aliphatic carbocycles. The van der Waals surface area contributed by atoms with Gasteiger partial charge in [-0.05, 0) is 12.1 Å². The van der Waals surface area contributed by atoms with Crippen molar-refractivity contribution >= 4 is 0 Å². The molecule has 0 saturated carbocycles. The minimum atomic E-state index is -4.87. The topological polar surface area (TPSA) is 53.7 Å². The first-order chi connectivity index (χ1) is 11.4. The van der Waals surface area contributed by atoms with Crippen LogP contribution in [0.15, 0.2) is 36.4 Å². The molecule has 0 aromatic heterocycles. The van der Waals surface area contributed by atoms with E-state index in [2.05, 4.69) is 4.74 Å². The van der Waals surface area contributed by atoms with Crippen LogP contribution in [0.4, 0.5) is 17.6 Å². The second kappa shape index (κ2) is 6.20. The van der Waals surface area contributed by atoms with Crippen molar-refractivity contribution in [2.24, 2.45) is 5.73 Å². The van der Waals surface area contributed by atoms with E-state index in [0.29, 0.717) is 0 Å². The first kappa shape index (κ1) is 16.4. The van der Waals surface area contributed by atoms with Gasteiger partial charge < -0.3 is 19.9 Å². The number of halogens is 4. The quantitative estimate of drug-likeness (QED) is 0.867. The number of nitrogens with two attached hydrogens (primary N) is 1. The molecule has 4 nitrogen and oxygen atoms in total. The highest BCUT2D eigenvalue weighted by Gasteiger charge is 2.33. The van der Waals surface area contributed by atoms with Gasteiger partial charge in [-0.1, -0.05) is 18.2 Å². The molecule has 1 atom stereocenters. The second-order valence-electron chi connectivity index (χ2n) is 5.11. The third-order valence-electron chi connectivity index (χ3n) is 3.39. The fraction of sp³-hybridized carbons (Fsp3) is 0.250. The van der Waals surface area contributed by atoms with Crippen LogP contribution in [0.3, 0.4) is 0 Å². The van der Waals surface area contributed by atoms with Crippen molar-refractivity contribution in [3.8, 4) is 28.4 Å². The molecule has 2 aromatic rings. The van der Waals surface area contributed by atoms with Gasteiger partial charge in [-0.25, -0.2) is 4.39 Å². The lowest BCUT2D eigenvalue weighted by Crippen LogP contribution is -2.36. The van der Waals surface area contributed by atoms with Gasteiger partial charge in [-0.3, -0.25) is 0 Å². The lowest BCUT2D eigenvalue weighted by atomic mass is 10.0. The van der Waals surface area contributed by atoms with Gasteiger partial charge in [-0.15, -0.1) is 13.2 Å². The minimum Gasteiger partial charge on any atom is -0.486 e. The van der Waals surface area contributed by atoms with Crippen molar-refractivity contribution in [1.29, 1.82) is 0 Å². The summed E-state index contributed by atoms with van der Waals surface area (Å²) in [5.74, 6) is -0.885. The fourth-order valence-electron chi connectivity index (χ4n) is 2.40. The number of rotatable bonds is 3. The largest absolute Gasteiger partial charge is 0.573 e. The lowest BCUT2D eigenvalue weighted by Gasteiger charge is -2.28. The van der Waals surface area contributed by atoms with Crippen LogP contribution in [0.2, 0.25) is 0 Å². The summed E-state index contributed by atoms with van der Waals surface area (Å²) >= 11 is 0. The average Bonchev–Trinajstić information content (AvgIpc) is 2.53. The zero-order valence-electron chi connectivity index (χ0n) is 12.3. The van der Waals surface area contributed by atoms with Crippen LogP contribution in [0, 0.1) is 5.82 Å². The first-order valence-corrected chi connectivity index (χ1v) is 7.05. The van der Waals surface area contributed by atoms with E-state index in [9.17, 15) is 17.6 Å². The van der Waals surface area contributed by atoms with Crippen LogP contribution < -0.4 is 19.9 Å². The van der Waals surface area contributed by atoms with Crippen molar-refractivity contribution in [3.63, 3.8) is 0 Å². The summed E-state index contributed by atoms with van der Waals surface area (Å²) in [7, 11) is 0. The molecule has 1 aliphatic heterocycles. The van der Waals surface area contributed by atoms with Gasteiger partial charge in [0, 0.05) is 23.7 Å². The summed E-state index contributed by atoms with van der Waals surface area (Å²) in [6.07, 6.45) is -5.35. The Morgan fingerprint density at radius 2 is 1.92 bits per heavy atom. The Hall–Kier alpha value is -2.48. The Labute approximate surface area is 134 Å². The molecular formula is C16H13F4NO3. The molecule has 1 aliphatic rings. The van der Waals surface area contributed by atoms with Gasteiger partial charge in [0.2, 0.25) is 0 Å². The number of benzene rings is 2. The highest BCUT2D eigenvalue weighted by atomic mass is 19.4. The van der Waals surface area contributed by atoms with E-state index in [1.165, 1.54) is 18.2 Å². The number of ether oxygens (including phenoxy) is 3. The van der Waals surface area contributed by atoms with Gasteiger partial charge >= 0.3 is 6.36 Å². The molecule has 0 fully saturated rings. The summed E-state index contributed by atoms with van der Waals surface area (Å²) in [5, 5.41) is 0. The summed E-state index contributed by atoms with van der Waals surface area (Å²) in [5.41, 5.74) is 5.67. The Morgan fingerprint density at radius 1 is 1.17 bits per heavy atom. The van der Waals surface area contributed by atoms with Gasteiger partial charge in [0.25, 0.3) is 0 Å². The fourth-order valence-corrected chi connectivity index (χ4v) is 2.40. The average molecular weight is 343 g/mol. The molecule has 0 radical (unpaired) electrons. The molecule has 24 heavy (non-hydrogen) atoms. The number of hydrogen-bond acceptors (Lipinski definition) is 4. The molecule has 2 aromatic carbocycles. The van der Waals surface area contributed by atoms with Crippen molar-refractivity contribution in [2.45, 2.75) is 12.5 Å². The van der Waals surface area contributed by atoms with Crippen LogP contribution in [-0.4, -0.2) is 25.6 Å². The molecule has 0 amide bonds. The zero-order valence-corrected chi connectivity index (χ0v) is 12.3. The summed E-state index contributed by atoms with van der Waals surface area (Å²) in [6, 6.07) is 7.60. The van der Waals surface area contributed by atoms with Crippen LogP contribution in [0.5, 0.6) is 17.2 Å². The molecule has 3 rings (SSSR count). The highest BCUT2D eigenvalue weighted by Crippen LogP contribution is 2.45. The van der Waals surface area contributed by atoms with Crippen molar-refractivity contribution in [3.05, 3.63) is 42.2 Å². The van der Waals surface area contributed by atoms with Crippen molar-refractivity contribution < 1.29 is 31.8 Å². The van der Waals surface area contributed by atoms with E-state index < -0.39 is 24.0 Å². The van der Waals surface area contributed by atoms with E-state index in [1.54, 1.807) is 0 Å². The number of fused-ring (bicyclic) bond motifs is 1. The number of alkyl halides is 3. The van der Waals surface area contributed by atoms with E-state index in [4.69, 9.17) is 15.2 Å². The van der Waals surface area contributed by atoms with Crippen LogP contribution >= 0.6 is 0 Å². The van der Waals surface area contributed by atoms with Crippen LogP contribution in [-0.2, 0) is 0 Å². The summed E-state index contributed by atoms with van der Waals surface area (Å²) in [6.45, 7) is 0.282. The lowest BCUT2D eigenvalue weighted by molar-refractivity contribution is -0.274. The summed E-state index contributed by atoms with van der Waals surface area (Å²) in [4.78, 5) is 0. The Balaban J connectivity index is 2.12. The molecule has 0 bridgehead atoms. The summed E-state index contributed by atoms with van der Waals surface area (Å²) < 4.78 is 66.8. The van der Waals surface area contributed by atoms with Crippen LogP contribution in [0.25, 0.3) is 11.1 Å². The van der Waals surface area contributed by atoms with Gasteiger partial charge in [0.05, 0.1) is 0 Å².